The van der Waals surface area contributed by atoms with E-state index in [1.165, 1.54) is 0 Å². The van der Waals surface area contributed by atoms with E-state index in [9.17, 15) is 0 Å². The number of nitrogens with two attached hydrogens (primary N) is 1. The summed E-state index contributed by atoms with van der Waals surface area (Å²) >= 11 is 0. The summed E-state index contributed by atoms with van der Waals surface area (Å²) in [5.74, 6) is 0.295. The maximum Gasteiger partial charge on any atom is 0.144 e. The Hall–Kier alpha value is -0.810. The van der Waals surface area contributed by atoms with Crippen molar-refractivity contribution in [2.45, 2.75) is 46.5 Å². The molecule has 0 spiro atoms. The Labute approximate surface area is 111 Å². The molecule has 0 amide bonds. The zero-order chi connectivity index (χ0) is 14.0. The molecule has 0 heterocycles. The molecule has 0 aromatic heterocycles. The molecule has 0 aromatic rings. The molecule has 0 fully saturated rings. The van der Waals surface area contributed by atoms with Crippen molar-refractivity contribution in [3.63, 3.8) is 0 Å². The third kappa shape index (κ3) is 6.81. The number of aliphatic hydroxyl groups excluding tert-OH is 1. The van der Waals surface area contributed by atoms with Crippen LogP contribution in [-0.4, -0.2) is 47.3 Å². The molecule has 0 aliphatic rings. The summed E-state index contributed by atoms with van der Waals surface area (Å²) in [7, 11) is 0. The fourth-order valence-electron chi connectivity index (χ4n) is 1.96. The smallest absolute Gasteiger partial charge is 0.144 e. The van der Waals surface area contributed by atoms with Gasteiger partial charge in [-0.3, -0.25) is 0 Å². The molecule has 0 aliphatic carbocycles. The highest BCUT2D eigenvalue weighted by Crippen LogP contribution is 2.23. The number of nitrogens with zero attached hydrogens (tertiary/aromatic N) is 2. The quantitative estimate of drug-likeness (QED) is 0.183. The van der Waals surface area contributed by atoms with Crippen LogP contribution >= 0.6 is 0 Å². The van der Waals surface area contributed by atoms with Crippen molar-refractivity contribution in [3.8, 4) is 0 Å². The molecule has 0 aromatic carbocycles. The highest BCUT2D eigenvalue weighted by molar-refractivity contribution is 5.85. The van der Waals surface area contributed by atoms with E-state index in [-0.39, 0.29) is 12.0 Å². The zero-order valence-corrected chi connectivity index (χ0v) is 12.0. The van der Waals surface area contributed by atoms with Crippen LogP contribution in [0.1, 0.15) is 46.5 Å². The Morgan fingerprint density at radius 2 is 1.89 bits per heavy atom. The van der Waals surface area contributed by atoms with Crippen LogP contribution in [0, 0.1) is 5.41 Å². The van der Waals surface area contributed by atoms with Gasteiger partial charge in [-0.2, -0.15) is 0 Å². The third-order valence-corrected chi connectivity index (χ3v) is 3.28. The molecule has 0 atom stereocenters. The van der Waals surface area contributed by atoms with E-state index in [0.29, 0.717) is 5.84 Å². The van der Waals surface area contributed by atoms with E-state index >= 15 is 0 Å². The first-order valence-corrected chi connectivity index (χ1v) is 6.79. The standard InChI is InChI=1S/C13H29N3O2/c1-4-8-16(10-11-17)9-6-5-7-13(2,3)12(14)15-18/h17-18H,4-11H2,1-3H3,(H2,14,15). The van der Waals surface area contributed by atoms with Crippen molar-refractivity contribution in [1.82, 2.24) is 4.90 Å². The summed E-state index contributed by atoms with van der Waals surface area (Å²) in [6, 6.07) is 0. The highest BCUT2D eigenvalue weighted by atomic mass is 16.4. The zero-order valence-electron chi connectivity index (χ0n) is 12.0. The van der Waals surface area contributed by atoms with Gasteiger partial charge < -0.3 is 20.9 Å². The lowest BCUT2D eigenvalue weighted by atomic mass is 9.86. The topological polar surface area (TPSA) is 82.1 Å². The lowest BCUT2D eigenvalue weighted by Gasteiger charge is -2.24. The van der Waals surface area contributed by atoms with Gasteiger partial charge in [-0.1, -0.05) is 32.3 Å². The molecule has 0 radical (unpaired) electrons. The van der Waals surface area contributed by atoms with Crippen LogP contribution in [0.3, 0.4) is 0 Å². The van der Waals surface area contributed by atoms with E-state index in [0.717, 1.165) is 45.3 Å². The van der Waals surface area contributed by atoms with E-state index < -0.39 is 0 Å². The molecule has 5 heteroatoms. The van der Waals surface area contributed by atoms with Crippen molar-refractivity contribution in [3.05, 3.63) is 0 Å². The fourth-order valence-corrected chi connectivity index (χ4v) is 1.96. The van der Waals surface area contributed by atoms with Crippen LogP contribution in [0.2, 0.25) is 0 Å². The highest BCUT2D eigenvalue weighted by Gasteiger charge is 2.22. The van der Waals surface area contributed by atoms with E-state index in [1.54, 1.807) is 0 Å². The number of rotatable bonds is 10. The van der Waals surface area contributed by atoms with Gasteiger partial charge in [0.2, 0.25) is 0 Å². The van der Waals surface area contributed by atoms with E-state index in [2.05, 4.69) is 17.0 Å². The minimum Gasteiger partial charge on any atom is -0.409 e. The molecule has 0 rings (SSSR count). The Kier molecular flexibility index (Phi) is 8.75. The van der Waals surface area contributed by atoms with Crippen molar-refractivity contribution in [2.75, 3.05) is 26.2 Å². The van der Waals surface area contributed by atoms with E-state index in [1.807, 2.05) is 13.8 Å². The first kappa shape index (κ1) is 17.2. The first-order valence-electron chi connectivity index (χ1n) is 6.79. The molecule has 5 nitrogen and oxygen atoms in total. The summed E-state index contributed by atoms with van der Waals surface area (Å²) in [6.07, 6.45) is 4.12. The molecule has 0 unspecified atom stereocenters. The second-order valence-electron chi connectivity index (χ2n) is 5.39. The molecule has 0 saturated carbocycles. The van der Waals surface area contributed by atoms with Gasteiger partial charge in [-0.05, 0) is 32.4 Å². The largest absolute Gasteiger partial charge is 0.409 e. The minimum atomic E-state index is -0.249. The lowest BCUT2D eigenvalue weighted by molar-refractivity contribution is 0.192. The molecule has 0 bridgehead atoms. The van der Waals surface area contributed by atoms with Crippen molar-refractivity contribution in [2.24, 2.45) is 16.3 Å². The lowest BCUT2D eigenvalue weighted by Crippen LogP contribution is -2.32. The van der Waals surface area contributed by atoms with Gasteiger partial charge in [-0.15, -0.1) is 0 Å². The Balaban J connectivity index is 3.90. The van der Waals surface area contributed by atoms with Crippen LogP contribution in [0.4, 0.5) is 0 Å². The normalized spacial score (nSPS) is 13.3. The van der Waals surface area contributed by atoms with Gasteiger partial charge in [0.25, 0.3) is 0 Å². The Morgan fingerprint density at radius 3 is 2.39 bits per heavy atom. The molecule has 18 heavy (non-hydrogen) atoms. The molecular formula is C13H29N3O2. The van der Waals surface area contributed by atoms with Crippen LogP contribution in [0.15, 0.2) is 5.16 Å². The number of amidine groups is 1. The molecule has 108 valence electrons. The van der Waals surface area contributed by atoms with Crippen LogP contribution in [0.5, 0.6) is 0 Å². The molecule has 0 saturated heterocycles. The average molecular weight is 259 g/mol. The van der Waals surface area contributed by atoms with Gasteiger partial charge >= 0.3 is 0 Å². The summed E-state index contributed by atoms with van der Waals surface area (Å²) in [5.41, 5.74) is 5.40. The predicted molar refractivity (Wildman–Crippen MR) is 74.9 cm³/mol. The monoisotopic (exact) mass is 259 g/mol. The van der Waals surface area contributed by atoms with Crippen molar-refractivity contribution >= 4 is 5.84 Å². The third-order valence-electron chi connectivity index (χ3n) is 3.28. The van der Waals surface area contributed by atoms with Gasteiger partial charge in [0.15, 0.2) is 0 Å². The fraction of sp³-hybridized carbons (Fsp3) is 0.923. The maximum atomic E-state index is 8.95. The number of hydrogen-bond acceptors (Lipinski definition) is 4. The molecular weight excluding hydrogens is 230 g/mol. The van der Waals surface area contributed by atoms with Crippen molar-refractivity contribution < 1.29 is 10.3 Å². The van der Waals surface area contributed by atoms with Gasteiger partial charge in [0, 0.05) is 12.0 Å². The van der Waals surface area contributed by atoms with Gasteiger partial charge in [0.1, 0.15) is 5.84 Å². The summed E-state index contributed by atoms with van der Waals surface area (Å²) < 4.78 is 0. The number of oxime groups is 1. The van der Waals surface area contributed by atoms with Gasteiger partial charge in [-0.25, -0.2) is 0 Å². The van der Waals surface area contributed by atoms with Gasteiger partial charge in [0.05, 0.1) is 6.61 Å². The van der Waals surface area contributed by atoms with Crippen molar-refractivity contribution in [1.29, 1.82) is 0 Å². The second kappa shape index (κ2) is 9.16. The number of unbranched alkanes of at least 4 members (excludes halogenated alkanes) is 1. The van der Waals surface area contributed by atoms with Crippen LogP contribution in [-0.2, 0) is 0 Å². The molecule has 0 aliphatic heterocycles. The van der Waals surface area contributed by atoms with Crippen LogP contribution < -0.4 is 5.73 Å². The average Bonchev–Trinajstić information content (AvgIpc) is 2.34. The molecule has 4 N–H and O–H groups in total. The SMILES string of the molecule is CCCN(CCO)CCCCC(C)(C)C(N)=NO. The summed E-state index contributed by atoms with van der Waals surface area (Å²) in [4.78, 5) is 2.27. The number of hydrogen-bond donors (Lipinski definition) is 3. The predicted octanol–water partition coefficient (Wildman–Crippen LogP) is 1.63. The first-order chi connectivity index (χ1) is 8.47. The Morgan fingerprint density at radius 1 is 1.22 bits per heavy atom. The van der Waals surface area contributed by atoms with Crippen LogP contribution in [0.25, 0.3) is 0 Å². The maximum absolute atomic E-state index is 8.95. The Bertz CT molecular complexity index is 236. The second-order valence-corrected chi connectivity index (χ2v) is 5.39. The van der Waals surface area contributed by atoms with E-state index in [4.69, 9.17) is 16.0 Å². The number of aliphatic hydroxyl groups is 1. The summed E-state index contributed by atoms with van der Waals surface area (Å²) in [6.45, 7) is 9.11. The minimum absolute atomic E-state index is 0.218. The summed E-state index contributed by atoms with van der Waals surface area (Å²) in [5, 5.41) is 20.7.